The first-order valence-corrected chi connectivity index (χ1v) is 7.10. The molecule has 0 radical (unpaired) electrons. The van der Waals surface area contributed by atoms with E-state index in [2.05, 4.69) is 5.10 Å². The van der Waals surface area contributed by atoms with Gasteiger partial charge in [0.25, 0.3) is 0 Å². The van der Waals surface area contributed by atoms with Crippen LogP contribution in [0.1, 0.15) is 22.4 Å². The van der Waals surface area contributed by atoms with Crippen molar-refractivity contribution >= 4 is 11.1 Å². The molecule has 3 aromatic rings. The highest BCUT2D eigenvalue weighted by atomic mass is 16.5. The van der Waals surface area contributed by atoms with E-state index in [1.165, 1.54) is 0 Å². The molecule has 5 nitrogen and oxygen atoms in total. The average molecular weight is 298 g/mol. The van der Waals surface area contributed by atoms with Gasteiger partial charge in [0.2, 0.25) is 5.71 Å². The molecule has 0 atom stereocenters. The molecule has 0 aliphatic heterocycles. The molecule has 0 aliphatic carbocycles. The highest BCUT2D eigenvalue weighted by Gasteiger charge is 2.17. The maximum atomic E-state index is 12.3. The molecular weight excluding hydrogens is 280 g/mol. The Morgan fingerprint density at radius 1 is 1.23 bits per heavy atom. The lowest BCUT2D eigenvalue weighted by Crippen LogP contribution is -2.11. The quantitative estimate of drug-likeness (QED) is 0.746. The van der Waals surface area contributed by atoms with Crippen molar-refractivity contribution in [3.63, 3.8) is 0 Å². The summed E-state index contributed by atoms with van der Waals surface area (Å²) in [7, 11) is 3.41. The minimum atomic E-state index is -0.302. The summed E-state index contributed by atoms with van der Waals surface area (Å²) in [5.41, 5.74) is 3.75. The molecule has 1 aromatic carbocycles. The van der Waals surface area contributed by atoms with Crippen LogP contribution in [0.3, 0.4) is 0 Å². The van der Waals surface area contributed by atoms with Crippen molar-refractivity contribution in [3.05, 3.63) is 57.1 Å². The summed E-state index contributed by atoms with van der Waals surface area (Å²) in [6.07, 6.45) is 0.530. The topological polar surface area (TPSA) is 57.3 Å². The van der Waals surface area contributed by atoms with E-state index in [-0.39, 0.29) is 5.63 Å². The molecule has 2 aromatic heterocycles. The summed E-state index contributed by atoms with van der Waals surface area (Å²) in [4.78, 5) is 12.3. The van der Waals surface area contributed by atoms with Crippen LogP contribution in [0.4, 0.5) is 0 Å². The number of fused-ring (bicyclic) bond motifs is 1. The molecule has 0 saturated heterocycles. The zero-order valence-electron chi connectivity index (χ0n) is 13.1. The number of aryl methyl sites for hydroxylation is 3. The van der Waals surface area contributed by atoms with Gasteiger partial charge in [0.1, 0.15) is 5.75 Å². The van der Waals surface area contributed by atoms with E-state index in [1.54, 1.807) is 18.8 Å². The normalized spacial score (nSPS) is 11.1. The van der Waals surface area contributed by atoms with Gasteiger partial charge in [0.05, 0.1) is 18.2 Å². The molecule has 0 unspecified atom stereocenters. The third-order valence-electron chi connectivity index (χ3n) is 3.97. The standard InChI is InChI=1S/C17H18N2O3/c1-10-14(9-12-5-7-13(21-4)8-6-12)17(20)22-16-15(10)11(2)18-19(16)3/h5-8H,9H2,1-4H3. The van der Waals surface area contributed by atoms with Crippen LogP contribution in [-0.4, -0.2) is 16.9 Å². The molecule has 0 saturated carbocycles. The molecule has 5 heteroatoms. The van der Waals surface area contributed by atoms with E-state index in [9.17, 15) is 4.79 Å². The second-order valence-electron chi connectivity index (χ2n) is 5.41. The first kappa shape index (κ1) is 14.4. The molecule has 114 valence electrons. The molecule has 0 amide bonds. The summed E-state index contributed by atoms with van der Waals surface area (Å²) in [6, 6.07) is 7.69. The van der Waals surface area contributed by atoms with E-state index in [4.69, 9.17) is 9.15 Å². The number of nitrogens with zero attached hydrogens (tertiary/aromatic N) is 2. The van der Waals surface area contributed by atoms with Crippen LogP contribution in [0.15, 0.2) is 33.5 Å². The van der Waals surface area contributed by atoms with E-state index in [1.807, 2.05) is 38.1 Å². The van der Waals surface area contributed by atoms with Gasteiger partial charge in [-0.2, -0.15) is 5.10 Å². The summed E-state index contributed by atoms with van der Waals surface area (Å²) >= 11 is 0. The van der Waals surface area contributed by atoms with Crippen molar-refractivity contribution in [3.8, 4) is 5.75 Å². The number of methoxy groups -OCH3 is 1. The maximum Gasteiger partial charge on any atom is 0.341 e. The number of hydrogen-bond acceptors (Lipinski definition) is 4. The van der Waals surface area contributed by atoms with E-state index >= 15 is 0 Å². The number of aromatic nitrogens is 2. The molecule has 0 spiro atoms. The van der Waals surface area contributed by atoms with Crippen molar-refractivity contribution in [1.82, 2.24) is 9.78 Å². The SMILES string of the molecule is COc1ccc(Cc2c(C)c3c(C)nn(C)c3oc2=O)cc1. The van der Waals surface area contributed by atoms with Crippen LogP contribution >= 0.6 is 0 Å². The lowest BCUT2D eigenvalue weighted by molar-refractivity contribution is 0.414. The summed E-state index contributed by atoms with van der Waals surface area (Å²) in [6.45, 7) is 3.87. The largest absolute Gasteiger partial charge is 0.497 e. The fourth-order valence-corrected chi connectivity index (χ4v) is 2.79. The van der Waals surface area contributed by atoms with Crippen LogP contribution < -0.4 is 10.4 Å². The molecule has 0 aliphatic rings. The Hall–Kier alpha value is -2.56. The fourth-order valence-electron chi connectivity index (χ4n) is 2.79. The van der Waals surface area contributed by atoms with E-state index in [0.29, 0.717) is 17.7 Å². The van der Waals surface area contributed by atoms with E-state index < -0.39 is 0 Å². The molecule has 2 heterocycles. The van der Waals surface area contributed by atoms with Gasteiger partial charge >= 0.3 is 5.63 Å². The van der Waals surface area contributed by atoms with Gasteiger partial charge in [-0.1, -0.05) is 12.1 Å². The van der Waals surface area contributed by atoms with Gasteiger partial charge in [0, 0.05) is 19.0 Å². The number of benzene rings is 1. The third kappa shape index (κ3) is 2.28. The van der Waals surface area contributed by atoms with Gasteiger partial charge < -0.3 is 9.15 Å². The van der Waals surface area contributed by atoms with E-state index in [0.717, 1.165) is 28.0 Å². The van der Waals surface area contributed by atoms with Crippen LogP contribution in [0, 0.1) is 13.8 Å². The zero-order valence-corrected chi connectivity index (χ0v) is 13.1. The summed E-state index contributed by atoms with van der Waals surface area (Å²) in [5, 5.41) is 5.25. The smallest absolute Gasteiger partial charge is 0.341 e. The van der Waals surface area contributed by atoms with Crippen LogP contribution in [0.25, 0.3) is 11.1 Å². The molecule has 22 heavy (non-hydrogen) atoms. The lowest BCUT2D eigenvalue weighted by Gasteiger charge is -2.07. The Bertz CT molecular complexity index is 889. The van der Waals surface area contributed by atoms with Crippen molar-refractivity contribution in [2.45, 2.75) is 20.3 Å². The monoisotopic (exact) mass is 298 g/mol. The van der Waals surface area contributed by atoms with Gasteiger partial charge in [0.15, 0.2) is 0 Å². The summed E-state index contributed by atoms with van der Waals surface area (Å²) in [5.74, 6) is 0.797. The Balaban J connectivity index is 2.10. The zero-order chi connectivity index (χ0) is 15.9. The first-order chi connectivity index (χ1) is 10.5. The van der Waals surface area contributed by atoms with Gasteiger partial charge in [-0.3, -0.25) is 0 Å². The van der Waals surface area contributed by atoms with Gasteiger partial charge in [-0.15, -0.1) is 0 Å². The van der Waals surface area contributed by atoms with Crippen molar-refractivity contribution in [2.24, 2.45) is 7.05 Å². The molecule has 3 rings (SSSR count). The minimum Gasteiger partial charge on any atom is -0.497 e. The first-order valence-electron chi connectivity index (χ1n) is 7.10. The number of ether oxygens (including phenoxy) is 1. The van der Waals surface area contributed by atoms with Crippen molar-refractivity contribution in [2.75, 3.05) is 7.11 Å². The molecule has 0 fully saturated rings. The van der Waals surface area contributed by atoms with Crippen molar-refractivity contribution < 1.29 is 9.15 Å². The van der Waals surface area contributed by atoms with Crippen LogP contribution in [-0.2, 0) is 13.5 Å². The number of hydrogen-bond donors (Lipinski definition) is 0. The predicted octanol–water partition coefficient (Wildman–Crippen LogP) is 2.74. The lowest BCUT2D eigenvalue weighted by atomic mass is 10.0. The van der Waals surface area contributed by atoms with Gasteiger partial charge in [-0.05, 0) is 37.1 Å². The average Bonchev–Trinajstić information content (AvgIpc) is 2.78. The predicted molar refractivity (Wildman–Crippen MR) is 84.5 cm³/mol. The third-order valence-corrected chi connectivity index (χ3v) is 3.97. The Labute approximate surface area is 128 Å². The molecule has 0 N–H and O–H groups in total. The molecule has 0 bridgehead atoms. The van der Waals surface area contributed by atoms with Gasteiger partial charge in [-0.25, -0.2) is 9.48 Å². The van der Waals surface area contributed by atoms with Crippen LogP contribution in [0.5, 0.6) is 5.75 Å². The second kappa shape index (κ2) is 5.33. The number of rotatable bonds is 3. The Morgan fingerprint density at radius 3 is 2.55 bits per heavy atom. The van der Waals surface area contributed by atoms with Crippen LogP contribution in [0.2, 0.25) is 0 Å². The Morgan fingerprint density at radius 2 is 1.91 bits per heavy atom. The molecular formula is C17H18N2O3. The fraction of sp³-hybridized carbons (Fsp3) is 0.294. The minimum absolute atomic E-state index is 0.302. The second-order valence-corrected chi connectivity index (χ2v) is 5.41. The highest BCUT2D eigenvalue weighted by molar-refractivity contribution is 5.81. The van der Waals surface area contributed by atoms with Crippen molar-refractivity contribution in [1.29, 1.82) is 0 Å². The Kier molecular flexibility index (Phi) is 3.48. The highest BCUT2D eigenvalue weighted by Crippen LogP contribution is 2.24. The summed E-state index contributed by atoms with van der Waals surface area (Å²) < 4.78 is 12.2. The maximum absolute atomic E-state index is 12.3.